The van der Waals surface area contributed by atoms with Gasteiger partial charge in [0.15, 0.2) is 0 Å². The lowest BCUT2D eigenvalue weighted by atomic mass is 10.1. The van der Waals surface area contributed by atoms with Crippen LogP contribution in [0.25, 0.3) is 0 Å². The van der Waals surface area contributed by atoms with Gasteiger partial charge in [0.25, 0.3) is 0 Å². The molecular formula is C13H13F3N2O2. The fourth-order valence-electron chi connectivity index (χ4n) is 1.89. The molecule has 0 spiro atoms. The van der Waals surface area contributed by atoms with E-state index in [9.17, 15) is 13.2 Å². The lowest BCUT2D eigenvalue weighted by Crippen LogP contribution is -2.08. The van der Waals surface area contributed by atoms with Crippen molar-refractivity contribution in [1.29, 1.82) is 0 Å². The number of benzene rings is 1. The van der Waals surface area contributed by atoms with Crippen molar-refractivity contribution >= 4 is 0 Å². The fraction of sp³-hybridized carbons (Fsp3) is 0.308. The molecule has 0 unspecified atom stereocenters. The number of halogens is 3. The monoisotopic (exact) mass is 286 g/mol. The first-order chi connectivity index (χ1) is 9.45. The molecule has 2 aromatic rings. The third-order valence-electron chi connectivity index (χ3n) is 2.81. The zero-order valence-electron chi connectivity index (χ0n) is 10.7. The second kappa shape index (κ2) is 5.54. The number of alkyl halides is 3. The van der Waals surface area contributed by atoms with Crippen LogP contribution in [0.1, 0.15) is 16.7 Å². The molecule has 2 rings (SSSR count). The number of ether oxygens (including phenoxy) is 1. The first kappa shape index (κ1) is 14.4. The van der Waals surface area contributed by atoms with Crippen molar-refractivity contribution in [3.8, 4) is 5.88 Å². The van der Waals surface area contributed by atoms with Gasteiger partial charge in [-0.25, -0.2) is 4.68 Å². The highest BCUT2D eigenvalue weighted by Gasteiger charge is 2.30. The Hall–Kier alpha value is -2.02. The lowest BCUT2D eigenvalue weighted by molar-refractivity contribution is -0.137. The van der Waals surface area contributed by atoms with Gasteiger partial charge < -0.3 is 9.84 Å². The molecule has 20 heavy (non-hydrogen) atoms. The predicted octanol–water partition coefficient (Wildman–Crippen LogP) is 2.45. The van der Waals surface area contributed by atoms with E-state index < -0.39 is 11.7 Å². The van der Waals surface area contributed by atoms with E-state index >= 15 is 0 Å². The van der Waals surface area contributed by atoms with E-state index in [-0.39, 0.29) is 13.2 Å². The van der Waals surface area contributed by atoms with Gasteiger partial charge in [-0.1, -0.05) is 12.1 Å². The minimum atomic E-state index is -4.37. The van der Waals surface area contributed by atoms with E-state index in [0.29, 0.717) is 17.0 Å². The van der Waals surface area contributed by atoms with E-state index in [4.69, 9.17) is 9.84 Å². The molecule has 0 saturated carbocycles. The van der Waals surface area contributed by atoms with Crippen molar-refractivity contribution < 1.29 is 23.0 Å². The van der Waals surface area contributed by atoms with Crippen LogP contribution in [0.2, 0.25) is 0 Å². The van der Waals surface area contributed by atoms with Crippen molar-refractivity contribution in [2.24, 2.45) is 0 Å². The first-order valence-electron chi connectivity index (χ1n) is 5.81. The van der Waals surface area contributed by atoms with Gasteiger partial charge >= 0.3 is 6.18 Å². The molecule has 0 atom stereocenters. The average Bonchev–Trinajstić information content (AvgIpc) is 2.80. The van der Waals surface area contributed by atoms with Gasteiger partial charge in [0.2, 0.25) is 5.88 Å². The zero-order chi connectivity index (χ0) is 14.8. The number of methoxy groups -OCH3 is 1. The van der Waals surface area contributed by atoms with Gasteiger partial charge in [0.1, 0.15) is 0 Å². The van der Waals surface area contributed by atoms with E-state index in [1.54, 1.807) is 6.07 Å². The molecule has 0 aliphatic carbocycles. The normalized spacial score (nSPS) is 11.7. The Labute approximate surface area is 113 Å². The molecule has 4 nitrogen and oxygen atoms in total. The number of aromatic nitrogens is 2. The van der Waals surface area contributed by atoms with Gasteiger partial charge in [-0.3, -0.25) is 0 Å². The van der Waals surface area contributed by atoms with E-state index in [2.05, 4.69) is 5.10 Å². The number of aliphatic hydroxyl groups excluding tert-OH is 1. The molecule has 0 saturated heterocycles. The van der Waals surface area contributed by atoms with Gasteiger partial charge in [0.05, 0.1) is 37.6 Å². The Morgan fingerprint density at radius 3 is 2.70 bits per heavy atom. The Bertz CT molecular complexity index is 594. The molecule has 0 radical (unpaired) electrons. The third-order valence-corrected chi connectivity index (χ3v) is 2.81. The maximum absolute atomic E-state index is 12.6. The molecule has 7 heteroatoms. The Kier molecular flexibility index (Phi) is 3.99. The standard InChI is InChI=1S/C13H13F3N2O2/c1-20-12-10(8-19)6-17-18(12)7-9-3-2-4-11(5-9)13(14,15)16/h2-6,19H,7-8H2,1H3. The van der Waals surface area contributed by atoms with Crippen molar-refractivity contribution in [3.05, 3.63) is 47.2 Å². The second-order valence-electron chi connectivity index (χ2n) is 4.19. The van der Waals surface area contributed by atoms with Crippen molar-refractivity contribution in [2.75, 3.05) is 7.11 Å². The van der Waals surface area contributed by atoms with Crippen LogP contribution in [0.4, 0.5) is 13.2 Å². The fourth-order valence-corrected chi connectivity index (χ4v) is 1.89. The lowest BCUT2D eigenvalue weighted by Gasteiger charge is -2.10. The number of hydrogen-bond acceptors (Lipinski definition) is 3. The number of hydrogen-bond donors (Lipinski definition) is 1. The highest BCUT2D eigenvalue weighted by Crippen LogP contribution is 2.30. The number of aliphatic hydroxyl groups is 1. The predicted molar refractivity (Wildman–Crippen MR) is 65.2 cm³/mol. The Morgan fingerprint density at radius 1 is 1.35 bits per heavy atom. The van der Waals surface area contributed by atoms with Gasteiger partial charge in [-0.05, 0) is 17.7 Å². The van der Waals surface area contributed by atoms with Crippen LogP contribution >= 0.6 is 0 Å². The third kappa shape index (κ3) is 2.93. The maximum Gasteiger partial charge on any atom is 0.416 e. The van der Waals surface area contributed by atoms with Crippen molar-refractivity contribution in [2.45, 2.75) is 19.3 Å². The summed E-state index contributed by atoms with van der Waals surface area (Å²) in [5.74, 6) is 0.338. The largest absolute Gasteiger partial charge is 0.481 e. The molecule has 108 valence electrons. The van der Waals surface area contributed by atoms with Crippen LogP contribution in [0.3, 0.4) is 0 Å². The topological polar surface area (TPSA) is 47.3 Å². The smallest absolute Gasteiger partial charge is 0.416 e. The molecule has 0 bridgehead atoms. The Morgan fingerprint density at radius 2 is 2.10 bits per heavy atom. The van der Waals surface area contributed by atoms with Crippen LogP contribution < -0.4 is 4.74 Å². The van der Waals surface area contributed by atoms with E-state index in [1.165, 1.54) is 24.1 Å². The Balaban J connectivity index is 2.29. The SMILES string of the molecule is COc1c(CO)cnn1Cc1cccc(C(F)(F)F)c1. The van der Waals surface area contributed by atoms with Gasteiger partial charge in [-0.2, -0.15) is 18.3 Å². The zero-order valence-corrected chi connectivity index (χ0v) is 10.7. The first-order valence-corrected chi connectivity index (χ1v) is 5.81. The highest BCUT2D eigenvalue weighted by atomic mass is 19.4. The summed E-state index contributed by atoms with van der Waals surface area (Å²) in [5.41, 5.74) is 0.230. The quantitative estimate of drug-likeness (QED) is 0.939. The molecule has 1 aromatic heterocycles. The molecule has 0 amide bonds. The summed E-state index contributed by atoms with van der Waals surface area (Å²) in [7, 11) is 1.42. The van der Waals surface area contributed by atoms with Crippen molar-refractivity contribution in [3.63, 3.8) is 0 Å². The second-order valence-corrected chi connectivity index (χ2v) is 4.19. The van der Waals surface area contributed by atoms with Crippen LogP contribution in [-0.2, 0) is 19.3 Å². The summed E-state index contributed by atoms with van der Waals surface area (Å²) in [4.78, 5) is 0. The molecule has 0 aliphatic heterocycles. The van der Waals surface area contributed by atoms with Crippen LogP contribution in [0, 0.1) is 0 Å². The molecular weight excluding hydrogens is 273 g/mol. The summed E-state index contributed by atoms with van der Waals surface area (Å²) in [5, 5.41) is 13.1. The molecule has 0 aliphatic rings. The number of rotatable bonds is 4. The summed E-state index contributed by atoms with van der Waals surface area (Å²) in [6.45, 7) is -0.112. The van der Waals surface area contributed by atoms with Crippen molar-refractivity contribution in [1.82, 2.24) is 9.78 Å². The molecule has 1 aromatic carbocycles. The van der Waals surface area contributed by atoms with Gasteiger partial charge in [0, 0.05) is 0 Å². The summed E-state index contributed by atoms with van der Waals surface area (Å²) >= 11 is 0. The van der Waals surface area contributed by atoms with Crippen LogP contribution in [0.5, 0.6) is 5.88 Å². The molecule has 0 fully saturated rings. The summed E-state index contributed by atoms with van der Waals surface area (Å²) in [6.07, 6.45) is -2.95. The molecule has 1 heterocycles. The average molecular weight is 286 g/mol. The summed E-state index contributed by atoms with van der Waals surface area (Å²) in [6, 6.07) is 5.01. The minimum Gasteiger partial charge on any atom is -0.481 e. The maximum atomic E-state index is 12.6. The van der Waals surface area contributed by atoms with E-state index in [0.717, 1.165) is 12.1 Å². The summed E-state index contributed by atoms with van der Waals surface area (Å²) < 4.78 is 44.4. The minimum absolute atomic E-state index is 0.132. The highest BCUT2D eigenvalue weighted by molar-refractivity contribution is 5.28. The number of nitrogens with zero attached hydrogens (tertiary/aromatic N) is 2. The molecule has 1 N–H and O–H groups in total. The van der Waals surface area contributed by atoms with Crippen LogP contribution in [-0.4, -0.2) is 22.0 Å². The van der Waals surface area contributed by atoms with Crippen LogP contribution in [0.15, 0.2) is 30.5 Å². The van der Waals surface area contributed by atoms with Gasteiger partial charge in [-0.15, -0.1) is 0 Å². The van der Waals surface area contributed by atoms with E-state index in [1.807, 2.05) is 0 Å².